The summed E-state index contributed by atoms with van der Waals surface area (Å²) in [5.41, 5.74) is 0.0929. The fourth-order valence-electron chi connectivity index (χ4n) is 1.77. The molecule has 2 aromatic carbocycles. The van der Waals surface area contributed by atoms with E-state index in [-0.39, 0.29) is 18.0 Å². The topological polar surface area (TPSA) is 58.2 Å². The molecule has 0 fully saturated rings. The third kappa shape index (κ3) is 5.88. The van der Waals surface area contributed by atoms with Crippen molar-refractivity contribution in [3.05, 3.63) is 58.1 Å². The van der Waals surface area contributed by atoms with Gasteiger partial charge in [0.25, 0.3) is 0 Å². The van der Waals surface area contributed by atoms with Crippen LogP contribution in [-0.2, 0) is 9.59 Å². The number of halogens is 4. The van der Waals surface area contributed by atoms with Gasteiger partial charge in [0.15, 0.2) is 11.6 Å². The molecule has 0 bridgehead atoms. The molecule has 2 aromatic rings. The van der Waals surface area contributed by atoms with Crippen LogP contribution >= 0.6 is 35.0 Å². The van der Waals surface area contributed by atoms with Crippen molar-refractivity contribution in [3.8, 4) is 0 Å². The van der Waals surface area contributed by atoms with E-state index >= 15 is 0 Å². The van der Waals surface area contributed by atoms with Crippen molar-refractivity contribution >= 4 is 52.5 Å². The van der Waals surface area contributed by atoms with E-state index in [9.17, 15) is 18.4 Å². The van der Waals surface area contributed by atoms with Gasteiger partial charge in [-0.25, -0.2) is 8.78 Å². The highest BCUT2D eigenvalue weighted by Crippen LogP contribution is 2.33. The first-order chi connectivity index (χ1) is 11.9. The molecule has 0 spiro atoms. The van der Waals surface area contributed by atoms with E-state index in [4.69, 9.17) is 23.2 Å². The van der Waals surface area contributed by atoms with Crippen molar-refractivity contribution in [2.45, 2.75) is 4.90 Å². The van der Waals surface area contributed by atoms with E-state index in [0.717, 1.165) is 23.9 Å². The van der Waals surface area contributed by atoms with E-state index in [1.54, 1.807) is 18.2 Å². The average molecular weight is 405 g/mol. The van der Waals surface area contributed by atoms with E-state index in [1.165, 1.54) is 6.07 Å². The first-order valence-corrected chi connectivity index (χ1v) is 8.69. The van der Waals surface area contributed by atoms with Crippen LogP contribution in [-0.4, -0.2) is 24.1 Å². The van der Waals surface area contributed by atoms with Gasteiger partial charge in [-0.15, -0.1) is 11.8 Å². The minimum Gasteiger partial charge on any atom is -0.346 e. The van der Waals surface area contributed by atoms with E-state index in [2.05, 4.69) is 10.6 Å². The maximum absolute atomic E-state index is 13.1. The number of amides is 2. The van der Waals surface area contributed by atoms with Crippen molar-refractivity contribution < 1.29 is 18.4 Å². The van der Waals surface area contributed by atoms with Crippen LogP contribution < -0.4 is 10.6 Å². The minimum atomic E-state index is -1.07. The third-order valence-corrected chi connectivity index (χ3v) is 4.91. The molecule has 0 aliphatic heterocycles. The molecule has 0 saturated carbocycles. The fraction of sp³-hybridized carbons (Fsp3) is 0.125. The Bertz CT molecular complexity index is 785. The number of anilines is 1. The van der Waals surface area contributed by atoms with Crippen molar-refractivity contribution in [1.29, 1.82) is 0 Å². The molecular formula is C16H12Cl2F2N2O2S. The molecule has 2 rings (SSSR count). The predicted molar refractivity (Wildman–Crippen MR) is 95.2 cm³/mol. The number of nitrogens with one attached hydrogen (secondary N) is 2. The largest absolute Gasteiger partial charge is 0.346 e. The first kappa shape index (κ1) is 19.5. The van der Waals surface area contributed by atoms with Crippen LogP contribution in [0.3, 0.4) is 0 Å². The Morgan fingerprint density at radius 3 is 2.32 bits per heavy atom. The molecule has 9 heteroatoms. The Morgan fingerprint density at radius 1 is 1.00 bits per heavy atom. The van der Waals surface area contributed by atoms with Gasteiger partial charge in [-0.1, -0.05) is 29.3 Å². The summed E-state index contributed by atoms with van der Waals surface area (Å²) in [4.78, 5) is 24.1. The molecule has 0 aliphatic rings. The lowest BCUT2D eigenvalue weighted by atomic mass is 10.3. The van der Waals surface area contributed by atoms with Gasteiger partial charge in [0.05, 0.1) is 22.3 Å². The Balaban J connectivity index is 1.79. The summed E-state index contributed by atoms with van der Waals surface area (Å²) in [5, 5.41) is 5.62. The highest BCUT2D eigenvalue weighted by Gasteiger charge is 2.11. The highest BCUT2D eigenvalue weighted by molar-refractivity contribution is 8.00. The summed E-state index contributed by atoms with van der Waals surface area (Å²) in [6.07, 6.45) is 0. The van der Waals surface area contributed by atoms with Crippen LogP contribution in [0.2, 0.25) is 10.0 Å². The number of thioether (sulfide) groups is 1. The summed E-state index contributed by atoms with van der Waals surface area (Å²) in [5.74, 6) is -3.04. The molecule has 132 valence electrons. The van der Waals surface area contributed by atoms with Gasteiger partial charge in [-0.2, -0.15) is 0 Å². The Morgan fingerprint density at radius 2 is 1.68 bits per heavy atom. The van der Waals surface area contributed by atoms with Gasteiger partial charge >= 0.3 is 0 Å². The molecule has 0 aliphatic carbocycles. The number of carbonyl (C=O) groups excluding carboxylic acids is 2. The second-order valence-electron chi connectivity index (χ2n) is 4.79. The number of carbonyl (C=O) groups is 2. The van der Waals surface area contributed by atoms with E-state index < -0.39 is 23.4 Å². The van der Waals surface area contributed by atoms with E-state index in [0.29, 0.717) is 14.9 Å². The van der Waals surface area contributed by atoms with Gasteiger partial charge in [0, 0.05) is 16.6 Å². The number of hydrogen-bond donors (Lipinski definition) is 2. The zero-order valence-corrected chi connectivity index (χ0v) is 14.9. The first-order valence-electron chi connectivity index (χ1n) is 6.95. The lowest BCUT2D eigenvalue weighted by Gasteiger charge is -2.08. The molecule has 0 heterocycles. The number of rotatable bonds is 6. The standard InChI is InChI=1S/C16H12Cl2F2N2O2S/c17-10-2-1-3-11(18)16(10)25-8-15(24)21-7-14(23)22-9-4-5-12(19)13(20)6-9/h1-6H,7-8H2,(H,21,24)(H,22,23). The normalized spacial score (nSPS) is 10.4. The molecule has 0 unspecified atom stereocenters. The summed E-state index contributed by atoms with van der Waals surface area (Å²) in [6, 6.07) is 7.97. The third-order valence-electron chi connectivity index (χ3n) is 2.92. The molecule has 0 atom stereocenters. The monoisotopic (exact) mass is 404 g/mol. The van der Waals surface area contributed by atoms with Crippen LogP contribution in [0.15, 0.2) is 41.3 Å². The molecule has 25 heavy (non-hydrogen) atoms. The van der Waals surface area contributed by atoms with Gasteiger partial charge in [-0.05, 0) is 24.3 Å². The maximum atomic E-state index is 13.1. The maximum Gasteiger partial charge on any atom is 0.243 e. The Labute approximate surface area is 156 Å². The zero-order valence-electron chi connectivity index (χ0n) is 12.6. The molecule has 2 N–H and O–H groups in total. The van der Waals surface area contributed by atoms with Crippen molar-refractivity contribution in [2.75, 3.05) is 17.6 Å². The SMILES string of the molecule is O=C(CSc1c(Cl)cccc1Cl)NCC(=O)Nc1ccc(F)c(F)c1. The van der Waals surface area contributed by atoms with Crippen LogP contribution in [0.5, 0.6) is 0 Å². The quantitative estimate of drug-likeness (QED) is 0.711. The van der Waals surface area contributed by atoms with Crippen LogP contribution in [0.1, 0.15) is 0 Å². The zero-order chi connectivity index (χ0) is 18.4. The molecule has 0 saturated heterocycles. The molecule has 0 radical (unpaired) electrons. The minimum absolute atomic E-state index is 0.0158. The summed E-state index contributed by atoms with van der Waals surface area (Å²) < 4.78 is 25.9. The van der Waals surface area contributed by atoms with Crippen LogP contribution in [0, 0.1) is 11.6 Å². The number of hydrogen-bond acceptors (Lipinski definition) is 3. The van der Waals surface area contributed by atoms with Gasteiger partial charge in [0.2, 0.25) is 11.8 Å². The summed E-state index contributed by atoms with van der Waals surface area (Å²) in [7, 11) is 0. The second kappa shape index (κ2) is 9.03. The van der Waals surface area contributed by atoms with Crippen molar-refractivity contribution in [3.63, 3.8) is 0 Å². The molecular weight excluding hydrogens is 393 g/mol. The van der Waals surface area contributed by atoms with Gasteiger partial charge in [-0.3, -0.25) is 9.59 Å². The van der Waals surface area contributed by atoms with Crippen molar-refractivity contribution in [1.82, 2.24) is 5.32 Å². The lowest BCUT2D eigenvalue weighted by molar-refractivity contribution is -0.122. The van der Waals surface area contributed by atoms with Gasteiger partial charge in [0.1, 0.15) is 0 Å². The highest BCUT2D eigenvalue weighted by atomic mass is 35.5. The second-order valence-corrected chi connectivity index (χ2v) is 6.59. The Kier molecular flexibility index (Phi) is 7.04. The van der Waals surface area contributed by atoms with Gasteiger partial charge < -0.3 is 10.6 Å². The smallest absolute Gasteiger partial charge is 0.243 e. The number of benzene rings is 2. The molecule has 0 aromatic heterocycles. The van der Waals surface area contributed by atoms with Crippen LogP contribution in [0.25, 0.3) is 0 Å². The molecule has 2 amide bonds. The average Bonchev–Trinajstić information content (AvgIpc) is 2.56. The Hall–Kier alpha value is -1.83. The van der Waals surface area contributed by atoms with Crippen molar-refractivity contribution in [2.24, 2.45) is 0 Å². The molecule has 4 nitrogen and oxygen atoms in total. The lowest BCUT2D eigenvalue weighted by Crippen LogP contribution is -2.33. The van der Waals surface area contributed by atoms with Crippen LogP contribution in [0.4, 0.5) is 14.5 Å². The fourth-order valence-corrected chi connectivity index (χ4v) is 3.28. The predicted octanol–water partition coefficient (Wildman–Crippen LogP) is 4.12. The van der Waals surface area contributed by atoms with E-state index in [1.807, 2.05) is 0 Å². The summed E-state index contributed by atoms with van der Waals surface area (Å²) >= 11 is 13.1. The summed E-state index contributed by atoms with van der Waals surface area (Å²) in [6.45, 7) is -0.311.